The van der Waals surface area contributed by atoms with Crippen LogP contribution in [0.3, 0.4) is 0 Å². The quantitative estimate of drug-likeness (QED) is 0.680. The molecule has 7 heteroatoms. The summed E-state index contributed by atoms with van der Waals surface area (Å²) in [5.41, 5.74) is 2.13. The second-order valence-electron chi connectivity index (χ2n) is 8.28. The van der Waals surface area contributed by atoms with Gasteiger partial charge in [0.25, 0.3) is 5.91 Å². The van der Waals surface area contributed by atoms with E-state index in [1.165, 1.54) is 0 Å². The number of rotatable bonds is 8. The number of pyridine rings is 1. The van der Waals surface area contributed by atoms with Crippen molar-refractivity contribution in [2.75, 3.05) is 52.7 Å². The maximum Gasteiger partial charge on any atom is 0.278 e. The Morgan fingerprint density at radius 2 is 2.00 bits per heavy atom. The van der Waals surface area contributed by atoms with E-state index < -0.39 is 0 Å². The van der Waals surface area contributed by atoms with Crippen LogP contribution in [0.1, 0.15) is 12.8 Å². The Kier molecular flexibility index (Phi) is 6.91. The fraction of sp³-hybridized carbons (Fsp3) is 0.435. The summed E-state index contributed by atoms with van der Waals surface area (Å²) in [6, 6.07) is 13.9. The number of benzene rings is 1. The number of nitrogens with one attached hydrogen (secondary N) is 1. The fourth-order valence-electron chi connectivity index (χ4n) is 3.67. The number of nitrogens with zero attached hydrogens (tertiary/aromatic N) is 4. The van der Waals surface area contributed by atoms with Gasteiger partial charge in [0, 0.05) is 18.3 Å². The Bertz CT molecular complexity index is 887. The molecule has 2 heterocycles. The molecule has 1 aliphatic heterocycles. The van der Waals surface area contributed by atoms with E-state index in [1.54, 1.807) is 12.0 Å². The summed E-state index contributed by atoms with van der Waals surface area (Å²) in [6.45, 7) is 2.57. The molecule has 30 heavy (non-hydrogen) atoms. The molecule has 1 atom stereocenters. The van der Waals surface area contributed by atoms with E-state index in [1.807, 2.05) is 56.7 Å². The molecule has 1 N–H and O–H groups in total. The molecule has 0 saturated carbocycles. The van der Waals surface area contributed by atoms with Crippen molar-refractivity contribution < 1.29 is 14.0 Å². The van der Waals surface area contributed by atoms with E-state index in [-0.39, 0.29) is 11.9 Å². The highest BCUT2D eigenvalue weighted by Gasteiger charge is 2.32. The van der Waals surface area contributed by atoms with Gasteiger partial charge in [-0.1, -0.05) is 12.1 Å². The zero-order valence-electron chi connectivity index (χ0n) is 18.0. The summed E-state index contributed by atoms with van der Waals surface area (Å²) < 4.78 is 5.75. The number of hydrogen-bond donors (Lipinski definition) is 1. The Balaban J connectivity index is 1.49. The Labute approximate surface area is 178 Å². The maximum atomic E-state index is 12.6. The van der Waals surface area contributed by atoms with Crippen LogP contribution in [-0.4, -0.2) is 73.7 Å². The van der Waals surface area contributed by atoms with Crippen LogP contribution < -0.4 is 10.1 Å². The molecular weight excluding hydrogens is 378 g/mol. The largest absolute Gasteiger partial charge is 0.497 e. The third kappa shape index (κ3) is 5.49. The molecule has 1 aromatic carbocycles. The Morgan fingerprint density at radius 3 is 2.63 bits per heavy atom. The fourth-order valence-corrected chi connectivity index (χ4v) is 3.67. The van der Waals surface area contributed by atoms with E-state index in [0.717, 1.165) is 42.1 Å². The molecule has 0 radical (unpaired) electrons. The van der Waals surface area contributed by atoms with E-state index in [4.69, 9.17) is 4.74 Å². The van der Waals surface area contributed by atoms with Crippen LogP contribution in [0, 0.1) is 11.3 Å². The van der Waals surface area contributed by atoms with Crippen molar-refractivity contribution in [1.82, 2.24) is 9.88 Å². The predicted octanol–water partition coefficient (Wildman–Crippen LogP) is 2.76. The van der Waals surface area contributed by atoms with E-state index in [9.17, 15) is 10.1 Å². The lowest BCUT2D eigenvalue weighted by atomic mass is 10.1. The summed E-state index contributed by atoms with van der Waals surface area (Å²) in [5.74, 6) is 1.70. The zero-order chi connectivity index (χ0) is 21.6. The van der Waals surface area contributed by atoms with Gasteiger partial charge in [-0.2, -0.15) is 5.26 Å². The van der Waals surface area contributed by atoms with Crippen molar-refractivity contribution in [3.63, 3.8) is 0 Å². The summed E-state index contributed by atoms with van der Waals surface area (Å²) >= 11 is 0. The normalized spacial score (nSPS) is 16.2. The molecule has 0 unspecified atom stereocenters. The first-order chi connectivity index (χ1) is 14.4. The highest BCUT2D eigenvalue weighted by Crippen LogP contribution is 2.22. The van der Waals surface area contributed by atoms with Crippen LogP contribution >= 0.6 is 0 Å². The third-order valence-corrected chi connectivity index (χ3v) is 5.50. The van der Waals surface area contributed by atoms with Crippen molar-refractivity contribution in [2.45, 2.75) is 18.9 Å². The third-order valence-electron chi connectivity index (χ3n) is 5.50. The number of likely N-dealkylation sites (N-methyl/N-ethyl adjacent to an activating group) is 1. The van der Waals surface area contributed by atoms with Crippen molar-refractivity contribution in [3.05, 3.63) is 42.6 Å². The zero-order valence-corrected chi connectivity index (χ0v) is 18.0. The summed E-state index contributed by atoms with van der Waals surface area (Å²) in [7, 11) is 5.73. The van der Waals surface area contributed by atoms with Crippen LogP contribution in [0.15, 0.2) is 42.6 Å². The van der Waals surface area contributed by atoms with Crippen molar-refractivity contribution in [1.29, 1.82) is 5.26 Å². The lowest BCUT2D eigenvalue weighted by Crippen LogP contribution is -2.51. The minimum atomic E-state index is -0.260. The number of anilines is 1. The minimum Gasteiger partial charge on any atom is -0.497 e. The van der Waals surface area contributed by atoms with Gasteiger partial charge in [-0.25, -0.2) is 4.98 Å². The molecular formula is C23H30N5O2+. The number of amides is 1. The van der Waals surface area contributed by atoms with Crippen LogP contribution in [0.25, 0.3) is 11.1 Å². The number of likely N-dealkylation sites (tertiary alicyclic amines) is 1. The van der Waals surface area contributed by atoms with Crippen molar-refractivity contribution >= 4 is 11.7 Å². The van der Waals surface area contributed by atoms with Gasteiger partial charge in [0.05, 0.1) is 40.4 Å². The standard InChI is InChI=1S/C23H30N5O2/c1-28(2,17-23(29)27-13-4-5-20(27)15-24)14-12-25-22-11-8-19(16-26-22)18-6-9-21(30-3)10-7-18/h6-11,16,20H,4-5,12-14,17H2,1-3H3,(H,25,26)/q+1/t20-/m0/s1. The molecule has 3 rings (SSSR count). The highest BCUT2D eigenvalue weighted by atomic mass is 16.5. The highest BCUT2D eigenvalue weighted by molar-refractivity contribution is 5.78. The summed E-state index contributed by atoms with van der Waals surface area (Å²) in [6.07, 6.45) is 3.55. The van der Waals surface area contributed by atoms with Crippen molar-refractivity contribution in [2.24, 2.45) is 0 Å². The number of ether oxygens (including phenoxy) is 1. The van der Waals surface area contributed by atoms with Gasteiger partial charge in [0.1, 0.15) is 17.6 Å². The van der Waals surface area contributed by atoms with E-state index in [2.05, 4.69) is 16.4 Å². The molecule has 0 bridgehead atoms. The lowest BCUT2D eigenvalue weighted by Gasteiger charge is -2.31. The Hall–Kier alpha value is -3.11. The predicted molar refractivity (Wildman–Crippen MR) is 117 cm³/mol. The van der Waals surface area contributed by atoms with Gasteiger partial charge < -0.3 is 19.4 Å². The molecule has 0 aliphatic carbocycles. The number of hydrogen-bond acceptors (Lipinski definition) is 5. The van der Waals surface area contributed by atoms with Crippen molar-refractivity contribution in [3.8, 4) is 22.9 Å². The van der Waals surface area contributed by atoms with Gasteiger partial charge in [-0.05, 0) is 42.7 Å². The van der Waals surface area contributed by atoms with E-state index in [0.29, 0.717) is 24.1 Å². The molecule has 1 aliphatic rings. The first-order valence-corrected chi connectivity index (χ1v) is 10.3. The van der Waals surface area contributed by atoms with Crippen LogP contribution in [-0.2, 0) is 4.79 Å². The molecule has 2 aromatic rings. The molecule has 1 amide bonds. The topological polar surface area (TPSA) is 78.2 Å². The first-order valence-electron chi connectivity index (χ1n) is 10.3. The minimum absolute atomic E-state index is 0.0611. The van der Waals surface area contributed by atoms with Gasteiger partial charge in [-0.3, -0.25) is 4.79 Å². The van der Waals surface area contributed by atoms with Crippen LogP contribution in [0.5, 0.6) is 5.75 Å². The van der Waals surface area contributed by atoms with Gasteiger partial charge in [0.15, 0.2) is 6.54 Å². The first kappa shape index (κ1) is 21.6. The van der Waals surface area contributed by atoms with Gasteiger partial charge in [0.2, 0.25) is 0 Å². The lowest BCUT2D eigenvalue weighted by molar-refractivity contribution is -0.881. The Morgan fingerprint density at radius 1 is 1.27 bits per heavy atom. The smallest absolute Gasteiger partial charge is 0.278 e. The molecule has 1 aromatic heterocycles. The number of nitriles is 1. The molecule has 158 valence electrons. The second-order valence-corrected chi connectivity index (χ2v) is 8.28. The SMILES string of the molecule is COc1ccc(-c2ccc(NCC[N+](C)(C)CC(=O)N3CCC[C@H]3C#N)nc2)cc1. The molecule has 0 spiro atoms. The van der Waals surface area contributed by atoms with Gasteiger partial charge in [-0.15, -0.1) is 0 Å². The number of aromatic nitrogens is 1. The average Bonchev–Trinajstić information content (AvgIpc) is 3.23. The number of carbonyl (C=O) groups is 1. The number of quaternary nitrogens is 1. The average molecular weight is 409 g/mol. The maximum absolute atomic E-state index is 12.6. The number of carbonyl (C=O) groups excluding carboxylic acids is 1. The second kappa shape index (κ2) is 9.59. The molecule has 1 saturated heterocycles. The monoisotopic (exact) mass is 408 g/mol. The molecule has 7 nitrogen and oxygen atoms in total. The number of methoxy groups -OCH3 is 1. The summed E-state index contributed by atoms with van der Waals surface area (Å²) in [4.78, 5) is 18.8. The van der Waals surface area contributed by atoms with Gasteiger partial charge >= 0.3 is 0 Å². The molecule has 1 fully saturated rings. The van der Waals surface area contributed by atoms with E-state index >= 15 is 0 Å². The summed E-state index contributed by atoms with van der Waals surface area (Å²) in [5, 5.41) is 12.5. The van der Waals surface area contributed by atoms with Crippen LogP contribution in [0.4, 0.5) is 5.82 Å². The van der Waals surface area contributed by atoms with Crippen LogP contribution in [0.2, 0.25) is 0 Å².